The van der Waals surface area contributed by atoms with Gasteiger partial charge in [-0.05, 0) is 24.6 Å². The highest BCUT2D eigenvalue weighted by Crippen LogP contribution is 2.29. The Morgan fingerprint density at radius 3 is 2.46 bits per heavy atom. The van der Waals surface area contributed by atoms with Crippen molar-refractivity contribution in [3.8, 4) is 11.5 Å². The van der Waals surface area contributed by atoms with E-state index in [4.69, 9.17) is 9.47 Å². The smallest absolute Gasteiger partial charge is 0.319 e. The SMILES string of the molecule is COc1ccc(NC(=O)NC[C@](C)(O)c2ccccc2)c(OC)c1. The Kier molecular flexibility index (Phi) is 5.65. The number of carbonyl (C=O) groups is 1. The average Bonchev–Trinajstić information content (AvgIpc) is 2.61. The van der Waals surface area contributed by atoms with Crippen LogP contribution in [-0.4, -0.2) is 31.9 Å². The van der Waals surface area contributed by atoms with Crippen LogP contribution in [0.4, 0.5) is 10.5 Å². The molecule has 3 N–H and O–H groups in total. The zero-order chi connectivity index (χ0) is 17.6. The van der Waals surface area contributed by atoms with E-state index >= 15 is 0 Å². The van der Waals surface area contributed by atoms with Crippen molar-refractivity contribution in [2.24, 2.45) is 0 Å². The number of methoxy groups -OCH3 is 2. The van der Waals surface area contributed by atoms with Crippen LogP contribution >= 0.6 is 0 Å². The maximum Gasteiger partial charge on any atom is 0.319 e. The number of aliphatic hydroxyl groups is 1. The lowest BCUT2D eigenvalue weighted by molar-refractivity contribution is 0.0599. The molecule has 2 amide bonds. The molecule has 0 spiro atoms. The van der Waals surface area contributed by atoms with Gasteiger partial charge in [-0.1, -0.05) is 30.3 Å². The molecule has 2 aromatic carbocycles. The molecule has 2 aromatic rings. The van der Waals surface area contributed by atoms with Gasteiger partial charge in [0.2, 0.25) is 0 Å². The van der Waals surface area contributed by atoms with Crippen LogP contribution in [0.5, 0.6) is 11.5 Å². The highest BCUT2D eigenvalue weighted by atomic mass is 16.5. The van der Waals surface area contributed by atoms with Crippen molar-refractivity contribution in [1.29, 1.82) is 0 Å². The van der Waals surface area contributed by atoms with Crippen molar-refractivity contribution >= 4 is 11.7 Å². The van der Waals surface area contributed by atoms with Gasteiger partial charge in [-0.15, -0.1) is 0 Å². The number of benzene rings is 2. The molecule has 0 radical (unpaired) electrons. The molecule has 6 heteroatoms. The van der Waals surface area contributed by atoms with Crippen LogP contribution in [0.15, 0.2) is 48.5 Å². The van der Waals surface area contributed by atoms with E-state index in [1.807, 2.05) is 30.3 Å². The summed E-state index contributed by atoms with van der Waals surface area (Å²) < 4.78 is 10.3. The van der Waals surface area contributed by atoms with Crippen LogP contribution in [0.1, 0.15) is 12.5 Å². The van der Waals surface area contributed by atoms with Crippen LogP contribution in [-0.2, 0) is 5.60 Å². The molecule has 2 rings (SSSR count). The maximum atomic E-state index is 12.1. The Hall–Kier alpha value is -2.73. The monoisotopic (exact) mass is 330 g/mol. The molecule has 0 saturated carbocycles. The molecule has 0 heterocycles. The number of amides is 2. The van der Waals surface area contributed by atoms with Crippen LogP contribution in [0, 0.1) is 0 Å². The highest BCUT2D eigenvalue weighted by molar-refractivity contribution is 5.91. The number of nitrogens with one attached hydrogen (secondary N) is 2. The van der Waals surface area contributed by atoms with Gasteiger partial charge in [0, 0.05) is 6.07 Å². The van der Waals surface area contributed by atoms with E-state index in [2.05, 4.69) is 10.6 Å². The summed E-state index contributed by atoms with van der Waals surface area (Å²) in [6.45, 7) is 1.72. The first-order valence-corrected chi connectivity index (χ1v) is 7.51. The zero-order valence-electron chi connectivity index (χ0n) is 14.0. The second-order valence-electron chi connectivity index (χ2n) is 5.51. The van der Waals surface area contributed by atoms with Crippen molar-refractivity contribution in [2.45, 2.75) is 12.5 Å². The number of hydrogen-bond acceptors (Lipinski definition) is 4. The molecule has 1 atom stereocenters. The van der Waals surface area contributed by atoms with E-state index in [1.165, 1.54) is 7.11 Å². The van der Waals surface area contributed by atoms with Gasteiger partial charge in [0.05, 0.1) is 26.5 Å². The predicted octanol–water partition coefficient (Wildman–Crippen LogP) is 2.73. The summed E-state index contributed by atoms with van der Waals surface area (Å²) in [5.41, 5.74) is 0.0743. The fraction of sp³-hybridized carbons (Fsp3) is 0.278. The average molecular weight is 330 g/mol. The fourth-order valence-corrected chi connectivity index (χ4v) is 2.22. The Labute approximate surface area is 141 Å². The van der Waals surface area contributed by atoms with Gasteiger partial charge < -0.3 is 25.2 Å². The Morgan fingerprint density at radius 2 is 1.83 bits per heavy atom. The minimum absolute atomic E-state index is 0.0708. The van der Waals surface area contributed by atoms with Crippen LogP contribution in [0.25, 0.3) is 0 Å². The molecule has 6 nitrogen and oxygen atoms in total. The molecular formula is C18H22N2O4. The quantitative estimate of drug-likeness (QED) is 0.761. The predicted molar refractivity (Wildman–Crippen MR) is 92.6 cm³/mol. The third-order valence-corrected chi connectivity index (χ3v) is 3.65. The summed E-state index contributed by atoms with van der Waals surface area (Å²) in [5.74, 6) is 1.11. The molecule has 24 heavy (non-hydrogen) atoms. The standard InChI is InChI=1S/C18H22N2O4/c1-18(22,13-7-5-4-6-8-13)12-19-17(21)20-15-10-9-14(23-2)11-16(15)24-3/h4-11,22H,12H2,1-3H3,(H2,19,20,21)/t18-/m0/s1. The van der Waals surface area contributed by atoms with Crippen molar-refractivity contribution in [3.05, 3.63) is 54.1 Å². The lowest BCUT2D eigenvalue weighted by atomic mass is 9.96. The van der Waals surface area contributed by atoms with Gasteiger partial charge in [0.15, 0.2) is 0 Å². The highest BCUT2D eigenvalue weighted by Gasteiger charge is 2.23. The molecular weight excluding hydrogens is 308 g/mol. The fourth-order valence-electron chi connectivity index (χ4n) is 2.22. The van der Waals surface area contributed by atoms with Crippen molar-refractivity contribution in [3.63, 3.8) is 0 Å². The molecule has 0 bridgehead atoms. The lowest BCUT2D eigenvalue weighted by Gasteiger charge is -2.24. The molecule has 0 aromatic heterocycles. The third-order valence-electron chi connectivity index (χ3n) is 3.65. The molecule has 128 valence electrons. The second kappa shape index (κ2) is 7.70. The summed E-state index contributed by atoms with van der Waals surface area (Å²) >= 11 is 0. The molecule has 0 aliphatic carbocycles. The second-order valence-corrected chi connectivity index (χ2v) is 5.51. The Bertz CT molecular complexity index is 687. The van der Waals surface area contributed by atoms with Crippen molar-refractivity contribution in [1.82, 2.24) is 5.32 Å². The summed E-state index contributed by atoms with van der Waals surface area (Å²) in [6, 6.07) is 13.8. The van der Waals surface area contributed by atoms with Crippen LogP contribution in [0.3, 0.4) is 0 Å². The minimum Gasteiger partial charge on any atom is -0.497 e. The van der Waals surface area contributed by atoms with Gasteiger partial charge >= 0.3 is 6.03 Å². The summed E-state index contributed by atoms with van der Waals surface area (Å²) in [7, 11) is 3.07. The number of rotatable bonds is 6. The summed E-state index contributed by atoms with van der Waals surface area (Å²) in [6.07, 6.45) is 0. The van der Waals surface area contributed by atoms with E-state index in [0.717, 1.165) is 5.56 Å². The van der Waals surface area contributed by atoms with E-state index in [0.29, 0.717) is 17.2 Å². The van der Waals surface area contributed by atoms with E-state index in [1.54, 1.807) is 32.2 Å². The number of ether oxygens (including phenoxy) is 2. The van der Waals surface area contributed by atoms with Gasteiger partial charge in [-0.2, -0.15) is 0 Å². The van der Waals surface area contributed by atoms with Crippen LogP contribution in [0.2, 0.25) is 0 Å². The lowest BCUT2D eigenvalue weighted by Crippen LogP contribution is -2.40. The Morgan fingerprint density at radius 1 is 1.12 bits per heavy atom. The molecule has 0 saturated heterocycles. The van der Waals surface area contributed by atoms with E-state index < -0.39 is 11.6 Å². The molecule has 0 unspecified atom stereocenters. The normalized spacial score (nSPS) is 12.8. The summed E-state index contributed by atoms with van der Waals surface area (Å²) in [5, 5.41) is 15.8. The Balaban J connectivity index is 1.99. The van der Waals surface area contributed by atoms with Crippen molar-refractivity contribution in [2.75, 3.05) is 26.1 Å². The number of anilines is 1. The van der Waals surface area contributed by atoms with Gasteiger partial charge in [-0.3, -0.25) is 0 Å². The van der Waals surface area contributed by atoms with E-state index in [-0.39, 0.29) is 6.54 Å². The molecule has 0 aliphatic heterocycles. The topological polar surface area (TPSA) is 79.8 Å². The largest absolute Gasteiger partial charge is 0.497 e. The van der Waals surface area contributed by atoms with Crippen molar-refractivity contribution < 1.29 is 19.4 Å². The van der Waals surface area contributed by atoms with Crippen LogP contribution < -0.4 is 20.1 Å². The molecule has 0 aliphatic rings. The number of carbonyl (C=O) groups excluding carboxylic acids is 1. The van der Waals surface area contributed by atoms with Gasteiger partial charge in [0.25, 0.3) is 0 Å². The van der Waals surface area contributed by atoms with Gasteiger partial charge in [-0.25, -0.2) is 4.79 Å². The van der Waals surface area contributed by atoms with E-state index in [9.17, 15) is 9.90 Å². The number of hydrogen-bond donors (Lipinski definition) is 3. The van der Waals surface area contributed by atoms with Gasteiger partial charge in [0.1, 0.15) is 17.1 Å². The third kappa shape index (κ3) is 4.39. The first-order valence-electron chi connectivity index (χ1n) is 7.51. The zero-order valence-corrected chi connectivity index (χ0v) is 14.0. The minimum atomic E-state index is -1.16. The summed E-state index contributed by atoms with van der Waals surface area (Å²) in [4.78, 5) is 12.1. The number of urea groups is 1. The maximum absolute atomic E-state index is 12.1. The molecule has 0 fully saturated rings. The first kappa shape index (κ1) is 17.6. The first-order chi connectivity index (χ1) is 11.5.